The first kappa shape index (κ1) is 16.1. The van der Waals surface area contributed by atoms with Crippen LogP contribution in [0, 0.1) is 0 Å². The summed E-state index contributed by atoms with van der Waals surface area (Å²) in [4.78, 5) is 25.0. The van der Waals surface area contributed by atoms with Crippen molar-refractivity contribution in [3.63, 3.8) is 0 Å². The molecule has 24 heavy (non-hydrogen) atoms. The van der Waals surface area contributed by atoms with Crippen LogP contribution in [0.4, 0.5) is 5.69 Å². The maximum Gasteiger partial charge on any atom is 0.261 e. The number of nitrogens with one attached hydrogen (secondary N) is 1. The largest absolute Gasteiger partial charge is 0.497 e. The van der Waals surface area contributed by atoms with Gasteiger partial charge in [0.2, 0.25) is 0 Å². The Morgan fingerprint density at radius 3 is 2.75 bits per heavy atom. The normalized spacial score (nSPS) is 13.1. The third-order valence-electron chi connectivity index (χ3n) is 4.20. The van der Waals surface area contributed by atoms with Crippen molar-refractivity contribution in [1.82, 2.24) is 4.57 Å². The maximum absolute atomic E-state index is 12.8. The quantitative estimate of drug-likeness (QED) is 0.936. The van der Waals surface area contributed by atoms with Gasteiger partial charge in [-0.2, -0.15) is 0 Å². The number of pyridine rings is 1. The Kier molecular flexibility index (Phi) is 4.55. The summed E-state index contributed by atoms with van der Waals surface area (Å²) < 4.78 is 12.1. The summed E-state index contributed by atoms with van der Waals surface area (Å²) in [5.74, 6) is 0.686. The SMILES string of the molecule is COc1cccc(NC(=O)c2c(OC)cc(=O)n3c2CCCC3)c1. The molecule has 0 saturated heterocycles. The molecule has 3 rings (SSSR count). The fourth-order valence-electron chi connectivity index (χ4n) is 3.04. The molecule has 1 aromatic carbocycles. The Hall–Kier alpha value is -2.76. The average Bonchev–Trinajstić information content (AvgIpc) is 2.61. The smallest absolute Gasteiger partial charge is 0.261 e. The minimum atomic E-state index is -0.286. The highest BCUT2D eigenvalue weighted by molar-refractivity contribution is 6.07. The van der Waals surface area contributed by atoms with Crippen molar-refractivity contribution in [2.24, 2.45) is 0 Å². The van der Waals surface area contributed by atoms with Gasteiger partial charge in [0.1, 0.15) is 17.1 Å². The fraction of sp³-hybridized carbons (Fsp3) is 0.333. The second-order valence-corrected chi connectivity index (χ2v) is 5.67. The number of rotatable bonds is 4. The first-order valence-corrected chi connectivity index (χ1v) is 7.90. The average molecular weight is 328 g/mol. The lowest BCUT2D eigenvalue weighted by molar-refractivity contribution is 0.102. The van der Waals surface area contributed by atoms with E-state index in [2.05, 4.69) is 5.32 Å². The van der Waals surface area contributed by atoms with E-state index >= 15 is 0 Å². The molecule has 2 aromatic rings. The van der Waals surface area contributed by atoms with Crippen molar-refractivity contribution in [2.45, 2.75) is 25.8 Å². The first-order chi connectivity index (χ1) is 11.6. The summed E-state index contributed by atoms with van der Waals surface area (Å²) in [5, 5.41) is 2.86. The standard InChI is InChI=1S/C18H20N2O4/c1-23-13-7-5-6-12(10-13)19-18(22)17-14-8-3-4-9-20(14)16(21)11-15(17)24-2/h5-7,10-11H,3-4,8-9H2,1-2H3,(H,19,22). The molecule has 0 radical (unpaired) electrons. The third kappa shape index (κ3) is 2.99. The van der Waals surface area contributed by atoms with Gasteiger partial charge in [-0.25, -0.2) is 0 Å². The maximum atomic E-state index is 12.8. The van der Waals surface area contributed by atoms with Crippen molar-refractivity contribution in [3.05, 3.63) is 51.9 Å². The van der Waals surface area contributed by atoms with Crippen LogP contribution < -0.4 is 20.3 Å². The van der Waals surface area contributed by atoms with E-state index in [-0.39, 0.29) is 11.5 Å². The van der Waals surface area contributed by atoms with E-state index < -0.39 is 0 Å². The number of hydrogen-bond acceptors (Lipinski definition) is 4. The summed E-state index contributed by atoms with van der Waals surface area (Å²) in [6, 6.07) is 8.52. The Labute approximate surface area is 140 Å². The van der Waals surface area contributed by atoms with Crippen molar-refractivity contribution in [3.8, 4) is 11.5 Å². The van der Waals surface area contributed by atoms with Gasteiger partial charge < -0.3 is 19.4 Å². The molecule has 0 unspecified atom stereocenters. The Bertz CT molecular complexity index is 826. The highest BCUT2D eigenvalue weighted by Crippen LogP contribution is 2.26. The van der Waals surface area contributed by atoms with E-state index in [0.29, 0.717) is 35.7 Å². The molecule has 0 spiro atoms. The van der Waals surface area contributed by atoms with Crippen LogP contribution >= 0.6 is 0 Å². The molecule has 1 amide bonds. The number of carbonyl (C=O) groups is 1. The van der Waals surface area contributed by atoms with E-state index in [9.17, 15) is 9.59 Å². The number of amides is 1. The second-order valence-electron chi connectivity index (χ2n) is 5.67. The zero-order valence-electron chi connectivity index (χ0n) is 13.8. The van der Waals surface area contributed by atoms with Crippen molar-refractivity contribution < 1.29 is 14.3 Å². The van der Waals surface area contributed by atoms with Crippen LogP contribution in [0.5, 0.6) is 11.5 Å². The molecule has 1 N–H and O–H groups in total. The van der Waals surface area contributed by atoms with Crippen molar-refractivity contribution in [1.29, 1.82) is 0 Å². The molecule has 0 atom stereocenters. The zero-order valence-corrected chi connectivity index (χ0v) is 13.8. The number of ether oxygens (including phenoxy) is 2. The highest BCUT2D eigenvalue weighted by atomic mass is 16.5. The molecule has 0 aliphatic carbocycles. The number of anilines is 1. The predicted octanol–water partition coefficient (Wildman–Crippen LogP) is 2.45. The van der Waals surface area contributed by atoms with Gasteiger partial charge in [-0.15, -0.1) is 0 Å². The number of methoxy groups -OCH3 is 2. The number of nitrogens with zero attached hydrogens (tertiary/aromatic N) is 1. The second kappa shape index (κ2) is 6.78. The lowest BCUT2D eigenvalue weighted by Crippen LogP contribution is -2.30. The molecule has 6 nitrogen and oxygen atoms in total. The van der Waals surface area contributed by atoms with E-state index in [4.69, 9.17) is 9.47 Å². The monoisotopic (exact) mass is 328 g/mol. The molecular formula is C18H20N2O4. The van der Waals surface area contributed by atoms with Gasteiger partial charge >= 0.3 is 0 Å². The molecule has 0 fully saturated rings. The van der Waals surface area contributed by atoms with Gasteiger partial charge in [-0.1, -0.05) is 6.07 Å². The molecule has 2 heterocycles. The summed E-state index contributed by atoms with van der Waals surface area (Å²) >= 11 is 0. The van der Waals surface area contributed by atoms with E-state index in [1.54, 1.807) is 35.9 Å². The Balaban J connectivity index is 2.01. The zero-order chi connectivity index (χ0) is 17.1. The first-order valence-electron chi connectivity index (χ1n) is 7.90. The van der Waals surface area contributed by atoms with Crippen LogP contribution in [0.2, 0.25) is 0 Å². The fourth-order valence-corrected chi connectivity index (χ4v) is 3.04. The van der Waals surface area contributed by atoms with Crippen molar-refractivity contribution in [2.75, 3.05) is 19.5 Å². The van der Waals surface area contributed by atoms with Crippen LogP contribution in [0.25, 0.3) is 0 Å². The summed E-state index contributed by atoms with van der Waals surface area (Å²) in [5.41, 5.74) is 1.67. The van der Waals surface area contributed by atoms with E-state index in [1.165, 1.54) is 13.2 Å². The molecule has 1 aliphatic rings. The molecule has 1 aliphatic heterocycles. The molecular weight excluding hydrogens is 308 g/mol. The van der Waals surface area contributed by atoms with Crippen LogP contribution in [-0.2, 0) is 13.0 Å². The number of benzene rings is 1. The molecule has 0 bridgehead atoms. The molecule has 0 saturated carbocycles. The lowest BCUT2D eigenvalue weighted by atomic mass is 10.0. The summed E-state index contributed by atoms with van der Waals surface area (Å²) in [7, 11) is 3.04. The lowest BCUT2D eigenvalue weighted by Gasteiger charge is -2.22. The minimum Gasteiger partial charge on any atom is -0.497 e. The summed E-state index contributed by atoms with van der Waals surface area (Å²) in [6.45, 7) is 0.637. The molecule has 6 heteroatoms. The number of fused-ring (bicyclic) bond motifs is 1. The van der Waals surface area contributed by atoms with Crippen LogP contribution in [0.3, 0.4) is 0 Å². The van der Waals surface area contributed by atoms with Gasteiger partial charge in [-0.3, -0.25) is 9.59 Å². The van der Waals surface area contributed by atoms with Gasteiger partial charge in [0, 0.05) is 30.1 Å². The topological polar surface area (TPSA) is 69.6 Å². The van der Waals surface area contributed by atoms with Crippen LogP contribution in [0.15, 0.2) is 35.1 Å². The Morgan fingerprint density at radius 2 is 2.00 bits per heavy atom. The number of hydrogen-bond donors (Lipinski definition) is 1. The number of carbonyl (C=O) groups excluding carboxylic acids is 1. The van der Waals surface area contributed by atoms with Gasteiger partial charge in [0.25, 0.3) is 11.5 Å². The molecule has 1 aromatic heterocycles. The number of aromatic nitrogens is 1. The van der Waals surface area contributed by atoms with E-state index in [0.717, 1.165) is 18.5 Å². The van der Waals surface area contributed by atoms with Gasteiger partial charge in [0.05, 0.1) is 14.2 Å². The molecule has 126 valence electrons. The van der Waals surface area contributed by atoms with Gasteiger partial charge in [0.15, 0.2) is 0 Å². The van der Waals surface area contributed by atoms with E-state index in [1.807, 2.05) is 0 Å². The van der Waals surface area contributed by atoms with Crippen LogP contribution in [0.1, 0.15) is 28.9 Å². The van der Waals surface area contributed by atoms with Gasteiger partial charge in [-0.05, 0) is 31.4 Å². The minimum absolute atomic E-state index is 0.125. The van der Waals surface area contributed by atoms with Crippen LogP contribution in [-0.4, -0.2) is 24.7 Å². The Morgan fingerprint density at radius 1 is 1.17 bits per heavy atom. The summed E-state index contributed by atoms with van der Waals surface area (Å²) in [6.07, 6.45) is 2.58. The third-order valence-corrected chi connectivity index (χ3v) is 4.20. The van der Waals surface area contributed by atoms with Crippen molar-refractivity contribution >= 4 is 11.6 Å². The predicted molar refractivity (Wildman–Crippen MR) is 91.1 cm³/mol. The highest BCUT2D eigenvalue weighted by Gasteiger charge is 2.24.